The number of hydrogen-bond acceptors (Lipinski definition) is 3. The van der Waals surface area contributed by atoms with Crippen LogP contribution < -0.4 is 10.5 Å². The van der Waals surface area contributed by atoms with Crippen molar-refractivity contribution in [2.75, 3.05) is 12.3 Å². The Morgan fingerprint density at radius 2 is 1.84 bits per heavy atom. The molecule has 0 bridgehead atoms. The maximum absolute atomic E-state index is 11.1. The highest BCUT2D eigenvalue weighted by atomic mass is 16.5. The minimum Gasteiger partial charge on any atom is -0.490 e. The Hall–Kier alpha value is -2.49. The third-order valence-corrected chi connectivity index (χ3v) is 2.76. The standard InChI is InChI=1S/C15H15NO3/c16-13-8-4-7-12(15(17)18)14(13)19-10-9-11-5-2-1-3-6-11/h1-8H,9-10,16H2,(H,17,18). The van der Waals surface area contributed by atoms with Crippen LogP contribution in [0.2, 0.25) is 0 Å². The van der Waals surface area contributed by atoms with Crippen molar-refractivity contribution in [1.82, 2.24) is 0 Å². The van der Waals surface area contributed by atoms with Crippen LogP contribution in [0, 0.1) is 0 Å². The molecule has 0 aromatic heterocycles. The van der Waals surface area contributed by atoms with E-state index in [4.69, 9.17) is 15.6 Å². The van der Waals surface area contributed by atoms with E-state index in [0.717, 1.165) is 5.56 Å². The van der Waals surface area contributed by atoms with E-state index in [1.54, 1.807) is 12.1 Å². The Morgan fingerprint density at radius 3 is 2.53 bits per heavy atom. The number of hydrogen-bond donors (Lipinski definition) is 2. The summed E-state index contributed by atoms with van der Waals surface area (Å²) < 4.78 is 5.53. The third-order valence-electron chi connectivity index (χ3n) is 2.76. The summed E-state index contributed by atoms with van der Waals surface area (Å²) >= 11 is 0. The topological polar surface area (TPSA) is 72.6 Å². The number of para-hydroxylation sites is 1. The van der Waals surface area contributed by atoms with Crippen molar-refractivity contribution in [3.05, 3.63) is 59.7 Å². The summed E-state index contributed by atoms with van der Waals surface area (Å²) in [6, 6.07) is 14.6. The summed E-state index contributed by atoms with van der Waals surface area (Å²) in [4.78, 5) is 11.1. The molecule has 0 fully saturated rings. The van der Waals surface area contributed by atoms with Crippen molar-refractivity contribution < 1.29 is 14.6 Å². The van der Waals surface area contributed by atoms with Crippen molar-refractivity contribution in [3.8, 4) is 5.75 Å². The summed E-state index contributed by atoms with van der Waals surface area (Å²) in [7, 11) is 0. The maximum Gasteiger partial charge on any atom is 0.339 e. The van der Waals surface area contributed by atoms with E-state index in [-0.39, 0.29) is 11.3 Å². The van der Waals surface area contributed by atoms with Crippen molar-refractivity contribution in [2.45, 2.75) is 6.42 Å². The van der Waals surface area contributed by atoms with Crippen LogP contribution >= 0.6 is 0 Å². The molecule has 0 aliphatic heterocycles. The third kappa shape index (κ3) is 3.25. The number of aromatic carboxylic acids is 1. The van der Waals surface area contributed by atoms with Crippen molar-refractivity contribution in [3.63, 3.8) is 0 Å². The fourth-order valence-corrected chi connectivity index (χ4v) is 1.80. The van der Waals surface area contributed by atoms with Gasteiger partial charge in [0.2, 0.25) is 0 Å². The Bertz CT molecular complexity index is 567. The maximum atomic E-state index is 11.1. The molecule has 0 heterocycles. The molecular formula is C15H15NO3. The fraction of sp³-hybridized carbons (Fsp3) is 0.133. The lowest BCUT2D eigenvalue weighted by atomic mass is 10.1. The number of ether oxygens (including phenoxy) is 1. The molecule has 19 heavy (non-hydrogen) atoms. The monoisotopic (exact) mass is 257 g/mol. The van der Waals surface area contributed by atoms with Gasteiger partial charge >= 0.3 is 5.97 Å². The molecule has 3 N–H and O–H groups in total. The molecule has 0 atom stereocenters. The molecule has 0 aliphatic rings. The molecule has 0 radical (unpaired) electrons. The number of nitrogens with two attached hydrogens (primary N) is 1. The zero-order chi connectivity index (χ0) is 13.7. The summed E-state index contributed by atoms with van der Waals surface area (Å²) in [5, 5.41) is 9.07. The van der Waals surface area contributed by atoms with Crippen molar-refractivity contribution in [1.29, 1.82) is 0 Å². The van der Waals surface area contributed by atoms with Gasteiger partial charge in [0, 0.05) is 6.42 Å². The predicted octanol–water partition coefficient (Wildman–Crippen LogP) is 2.59. The van der Waals surface area contributed by atoms with Gasteiger partial charge in [0.1, 0.15) is 5.56 Å². The summed E-state index contributed by atoms with van der Waals surface area (Å²) in [6.07, 6.45) is 0.703. The highest BCUT2D eigenvalue weighted by molar-refractivity contribution is 5.93. The van der Waals surface area contributed by atoms with Gasteiger partial charge in [-0.25, -0.2) is 4.79 Å². The molecule has 0 aliphatic carbocycles. The van der Waals surface area contributed by atoms with Gasteiger partial charge in [0.05, 0.1) is 12.3 Å². The average molecular weight is 257 g/mol. The van der Waals surface area contributed by atoms with E-state index in [0.29, 0.717) is 18.7 Å². The van der Waals surface area contributed by atoms with E-state index in [9.17, 15) is 4.79 Å². The minimum absolute atomic E-state index is 0.0908. The van der Waals surface area contributed by atoms with Gasteiger partial charge < -0.3 is 15.6 Å². The second kappa shape index (κ2) is 5.91. The van der Waals surface area contributed by atoms with E-state index in [1.807, 2.05) is 30.3 Å². The quantitative estimate of drug-likeness (QED) is 0.807. The predicted molar refractivity (Wildman–Crippen MR) is 73.5 cm³/mol. The van der Waals surface area contributed by atoms with Crippen molar-refractivity contribution in [2.24, 2.45) is 0 Å². The minimum atomic E-state index is -1.04. The first-order valence-electron chi connectivity index (χ1n) is 5.97. The van der Waals surface area contributed by atoms with Crippen LogP contribution in [-0.4, -0.2) is 17.7 Å². The molecule has 0 saturated carbocycles. The van der Waals surface area contributed by atoms with Gasteiger partial charge in [-0.05, 0) is 17.7 Å². The lowest BCUT2D eigenvalue weighted by Gasteiger charge is -2.11. The zero-order valence-corrected chi connectivity index (χ0v) is 10.4. The van der Waals surface area contributed by atoms with Gasteiger partial charge in [-0.3, -0.25) is 0 Å². The first-order valence-corrected chi connectivity index (χ1v) is 5.97. The van der Waals surface area contributed by atoms with Gasteiger partial charge in [0.25, 0.3) is 0 Å². The van der Waals surface area contributed by atoms with Crippen LogP contribution in [0.5, 0.6) is 5.75 Å². The summed E-state index contributed by atoms with van der Waals surface area (Å²) in [5.41, 5.74) is 7.32. The molecule has 4 heteroatoms. The molecule has 2 aromatic carbocycles. The number of carbonyl (C=O) groups is 1. The van der Waals surface area contributed by atoms with Gasteiger partial charge in [0.15, 0.2) is 5.75 Å². The number of carboxylic acid groups (broad SMARTS) is 1. The van der Waals surface area contributed by atoms with Crippen LogP contribution in [0.15, 0.2) is 48.5 Å². The number of anilines is 1. The first-order chi connectivity index (χ1) is 9.18. The molecule has 4 nitrogen and oxygen atoms in total. The molecule has 0 unspecified atom stereocenters. The van der Waals surface area contributed by atoms with E-state index in [1.165, 1.54) is 6.07 Å². The zero-order valence-electron chi connectivity index (χ0n) is 10.4. The largest absolute Gasteiger partial charge is 0.490 e. The lowest BCUT2D eigenvalue weighted by molar-refractivity contribution is 0.0692. The van der Waals surface area contributed by atoms with E-state index < -0.39 is 5.97 Å². The Labute approximate surface area is 111 Å². The van der Waals surface area contributed by atoms with Crippen molar-refractivity contribution >= 4 is 11.7 Å². The highest BCUT2D eigenvalue weighted by Crippen LogP contribution is 2.26. The summed E-state index contributed by atoms with van der Waals surface area (Å²) in [5.74, 6) is -0.798. The molecule has 0 amide bonds. The first kappa shape index (κ1) is 13.0. The smallest absolute Gasteiger partial charge is 0.339 e. The van der Waals surface area contributed by atoms with Gasteiger partial charge in [-0.15, -0.1) is 0 Å². The van der Waals surface area contributed by atoms with E-state index >= 15 is 0 Å². The SMILES string of the molecule is Nc1cccc(C(=O)O)c1OCCc1ccccc1. The molecule has 2 rings (SSSR count). The number of benzene rings is 2. The average Bonchev–Trinajstić information content (AvgIpc) is 2.41. The second-order valence-electron chi connectivity index (χ2n) is 4.11. The van der Waals surface area contributed by atoms with Crippen LogP contribution in [0.4, 0.5) is 5.69 Å². The van der Waals surface area contributed by atoms with E-state index in [2.05, 4.69) is 0 Å². The lowest BCUT2D eigenvalue weighted by Crippen LogP contribution is -2.08. The normalized spacial score (nSPS) is 10.1. The van der Waals surface area contributed by atoms with Crippen LogP contribution in [0.1, 0.15) is 15.9 Å². The number of nitrogen functional groups attached to an aromatic ring is 1. The Balaban J connectivity index is 2.05. The van der Waals surface area contributed by atoms with Crippen LogP contribution in [-0.2, 0) is 6.42 Å². The van der Waals surface area contributed by atoms with Crippen LogP contribution in [0.25, 0.3) is 0 Å². The second-order valence-corrected chi connectivity index (χ2v) is 4.11. The van der Waals surface area contributed by atoms with Gasteiger partial charge in [-0.2, -0.15) is 0 Å². The number of rotatable bonds is 5. The fourth-order valence-electron chi connectivity index (χ4n) is 1.80. The highest BCUT2D eigenvalue weighted by Gasteiger charge is 2.13. The Morgan fingerprint density at radius 1 is 1.11 bits per heavy atom. The number of carboxylic acids is 1. The molecular weight excluding hydrogens is 242 g/mol. The molecule has 0 spiro atoms. The summed E-state index contributed by atoms with van der Waals surface area (Å²) in [6.45, 7) is 0.387. The van der Waals surface area contributed by atoms with Gasteiger partial charge in [-0.1, -0.05) is 36.4 Å². The molecule has 0 saturated heterocycles. The molecule has 2 aromatic rings. The Kier molecular flexibility index (Phi) is 4.03. The molecule has 98 valence electrons. The van der Waals surface area contributed by atoms with Crippen LogP contribution in [0.3, 0.4) is 0 Å².